The number of hydrogen-bond donors (Lipinski definition) is 1. The second-order valence-corrected chi connectivity index (χ2v) is 8.19. The summed E-state index contributed by atoms with van der Waals surface area (Å²) in [7, 11) is 1.86. The van der Waals surface area contributed by atoms with E-state index >= 15 is 0 Å². The van der Waals surface area contributed by atoms with Gasteiger partial charge in [0.2, 0.25) is 5.91 Å². The molecule has 2 rings (SSSR count). The van der Waals surface area contributed by atoms with E-state index in [0.29, 0.717) is 12.3 Å². The lowest BCUT2D eigenvalue weighted by Gasteiger charge is -2.25. The van der Waals surface area contributed by atoms with E-state index in [1.807, 2.05) is 16.8 Å². The molecule has 5 nitrogen and oxygen atoms in total. The molecule has 0 saturated carbocycles. The molecule has 1 aromatic rings. The molecule has 150 valence electrons. The van der Waals surface area contributed by atoms with Crippen LogP contribution in [0.2, 0.25) is 0 Å². The summed E-state index contributed by atoms with van der Waals surface area (Å²) in [5.41, 5.74) is 2.56. The Hall–Kier alpha value is -1.88. The average Bonchev–Trinajstić information content (AvgIpc) is 2.86. The van der Waals surface area contributed by atoms with Gasteiger partial charge in [-0.25, -0.2) is 0 Å². The van der Waals surface area contributed by atoms with Crippen LogP contribution in [-0.4, -0.2) is 59.5 Å². The van der Waals surface area contributed by atoms with Crippen LogP contribution < -0.4 is 0 Å². The molecule has 1 unspecified atom stereocenters. The molecule has 1 aromatic carbocycles. The highest BCUT2D eigenvalue weighted by Gasteiger charge is 2.23. The predicted octanol–water partition coefficient (Wildman–Crippen LogP) is 3.22. The lowest BCUT2D eigenvalue weighted by molar-refractivity contribution is -0.138. The Bertz CT molecular complexity index is 612. The molecule has 0 bridgehead atoms. The van der Waals surface area contributed by atoms with E-state index in [-0.39, 0.29) is 18.5 Å². The van der Waals surface area contributed by atoms with Crippen molar-refractivity contribution in [2.75, 3.05) is 26.7 Å². The van der Waals surface area contributed by atoms with Crippen LogP contribution in [0.1, 0.15) is 50.7 Å². The number of carboxylic acids is 1. The van der Waals surface area contributed by atoms with Crippen LogP contribution in [0, 0.1) is 5.92 Å². The summed E-state index contributed by atoms with van der Waals surface area (Å²) in [6.07, 6.45) is 5.14. The summed E-state index contributed by atoms with van der Waals surface area (Å²) in [6.45, 7) is 6.01. The summed E-state index contributed by atoms with van der Waals surface area (Å²) in [5.74, 6) is 0.0655. The Kier molecular flexibility index (Phi) is 8.29. The van der Waals surface area contributed by atoms with Crippen molar-refractivity contribution in [3.63, 3.8) is 0 Å². The van der Waals surface area contributed by atoms with Crippen molar-refractivity contribution in [3.05, 3.63) is 35.4 Å². The number of carbonyl (C=O) groups excluding carboxylic acids is 1. The van der Waals surface area contributed by atoms with E-state index in [1.165, 1.54) is 11.1 Å². The molecule has 1 aliphatic heterocycles. The van der Waals surface area contributed by atoms with E-state index in [0.717, 1.165) is 45.2 Å². The number of amides is 1. The molecule has 1 amide bonds. The minimum Gasteiger partial charge on any atom is -0.480 e. The number of rotatable bonds is 8. The number of likely N-dealkylation sites (tertiary alicyclic amines) is 1. The minimum atomic E-state index is -0.797. The predicted molar refractivity (Wildman–Crippen MR) is 108 cm³/mol. The Morgan fingerprint density at radius 1 is 1.15 bits per heavy atom. The van der Waals surface area contributed by atoms with E-state index in [1.54, 1.807) is 0 Å². The Balaban J connectivity index is 1.79. The van der Waals surface area contributed by atoms with E-state index in [4.69, 9.17) is 5.11 Å². The fourth-order valence-corrected chi connectivity index (χ4v) is 3.83. The number of carboxylic acid groups (broad SMARTS) is 1. The number of likely N-dealkylation sites (N-methyl/N-ethyl adjacent to an activating group) is 1. The molecular weight excluding hydrogens is 340 g/mol. The molecule has 5 heteroatoms. The molecule has 0 spiro atoms. The van der Waals surface area contributed by atoms with Crippen LogP contribution in [0.15, 0.2) is 24.3 Å². The van der Waals surface area contributed by atoms with Crippen LogP contribution in [0.25, 0.3) is 0 Å². The number of hydrogen-bond acceptors (Lipinski definition) is 3. The lowest BCUT2D eigenvalue weighted by Crippen LogP contribution is -2.37. The van der Waals surface area contributed by atoms with Crippen LogP contribution in [-0.2, 0) is 22.4 Å². The number of benzene rings is 1. The van der Waals surface area contributed by atoms with Crippen LogP contribution >= 0.6 is 0 Å². The molecule has 0 aromatic heterocycles. The van der Waals surface area contributed by atoms with Gasteiger partial charge in [-0.05, 0) is 56.2 Å². The van der Waals surface area contributed by atoms with Crippen LogP contribution in [0.5, 0.6) is 0 Å². The van der Waals surface area contributed by atoms with Crippen molar-refractivity contribution < 1.29 is 14.7 Å². The SMILES string of the molecule is CC(C)Cc1ccc(CCC(=O)N2CCCC(N(C)CC(=O)O)CC2)cc1. The average molecular weight is 375 g/mol. The molecule has 1 aliphatic rings. The summed E-state index contributed by atoms with van der Waals surface area (Å²) in [6, 6.07) is 8.88. The van der Waals surface area contributed by atoms with Crippen molar-refractivity contribution >= 4 is 11.9 Å². The largest absolute Gasteiger partial charge is 0.480 e. The molecule has 27 heavy (non-hydrogen) atoms. The van der Waals surface area contributed by atoms with Crippen molar-refractivity contribution in [2.45, 2.75) is 58.4 Å². The fourth-order valence-electron chi connectivity index (χ4n) is 3.83. The Morgan fingerprint density at radius 2 is 1.81 bits per heavy atom. The highest BCUT2D eigenvalue weighted by atomic mass is 16.4. The van der Waals surface area contributed by atoms with Gasteiger partial charge in [-0.2, -0.15) is 0 Å². The lowest BCUT2D eigenvalue weighted by atomic mass is 10.0. The highest BCUT2D eigenvalue weighted by molar-refractivity contribution is 5.76. The van der Waals surface area contributed by atoms with Gasteiger partial charge >= 0.3 is 5.97 Å². The van der Waals surface area contributed by atoms with Crippen molar-refractivity contribution in [1.29, 1.82) is 0 Å². The third-order valence-electron chi connectivity index (χ3n) is 5.35. The van der Waals surface area contributed by atoms with E-state index in [2.05, 4.69) is 38.1 Å². The second-order valence-electron chi connectivity index (χ2n) is 8.19. The topological polar surface area (TPSA) is 60.9 Å². The van der Waals surface area contributed by atoms with Gasteiger partial charge in [0, 0.05) is 25.6 Å². The van der Waals surface area contributed by atoms with Gasteiger partial charge in [-0.1, -0.05) is 38.1 Å². The monoisotopic (exact) mass is 374 g/mol. The molecule has 1 saturated heterocycles. The molecule has 1 N–H and O–H groups in total. The molecule has 1 fully saturated rings. The summed E-state index contributed by atoms with van der Waals surface area (Å²) in [5, 5.41) is 8.96. The summed E-state index contributed by atoms with van der Waals surface area (Å²) in [4.78, 5) is 27.4. The first-order valence-electron chi connectivity index (χ1n) is 10.1. The molecule has 0 radical (unpaired) electrons. The summed E-state index contributed by atoms with van der Waals surface area (Å²) < 4.78 is 0. The number of nitrogens with zero attached hydrogens (tertiary/aromatic N) is 2. The maximum Gasteiger partial charge on any atom is 0.317 e. The van der Waals surface area contributed by atoms with E-state index in [9.17, 15) is 9.59 Å². The first-order chi connectivity index (χ1) is 12.8. The Labute approximate surface area is 163 Å². The van der Waals surface area contributed by atoms with Gasteiger partial charge in [0.05, 0.1) is 6.54 Å². The molecular formula is C22H34N2O3. The van der Waals surface area contributed by atoms with Crippen molar-refractivity contribution in [2.24, 2.45) is 5.92 Å². The first-order valence-corrected chi connectivity index (χ1v) is 10.1. The van der Waals surface area contributed by atoms with Gasteiger partial charge in [0.25, 0.3) is 0 Å². The third-order valence-corrected chi connectivity index (χ3v) is 5.35. The third kappa shape index (κ3) is 7.33. The van der Waals surface area contributed by atoms with Crippen molar-refractivity contribution in [3.8, 4) is 0 Å². The zero-order valence-corrected chi connectivity index (χ0v) is 17.0. The maximum atomic E-state index is 12.6. The quantitative estimate of drug-likeness (QED) is 0.759. The fraction of sp³-hybridized carbons (Fsp3) is 0.636. The minimum absolute atomic E-state index is 0.0609. The molecule has 0 aliphatic carbocycles. The van der Waals surface area contributed by atoms with Crippen molar-refractivity contribution in [1.82, 2.24) is 9.80 Å². The van der Waals surface area contributed by atoms with Gasteiger partial charge in [0.15, 0.2) is 0 Å². The van der Waals surface area contributed by atoms with Gasteiger partial charge in [-0.3, -0.25) is 14.5 Å². The zero-order valence-electron chi connectivity index (χ0n) is 17.0. The van der Waals surface area contributed by atoms with Crippen LogP contribution in [0.3, 0.4) is 0 Å². The summed E-state index contributed by atoms with van der Waals surface area (Å²) >= 11 is 0. The number of aryl methyl sites for hydroxylation is 1. The highest BCUT2D eigenvalue weighted by Crippen LogP contribution is 2.17. The van der Waals surface area contributed by atoms with Gasteiger partial charge in [-0.15, -0.1) is 0 Å². The molecule has 1 heterocycles. The first kappa shape index (κ1) is 21.4. The van der Waals surface area contributed by atoms with E-state index < -0.39 is 5.97 Å². The van der Waals surface area contributed by atoms with Crippen LogP contribution in [0.4, 0.5) is 0 Å². The standard InChI is InChI=1S/C22H34N2O3/c1-17(2)15-19-8-6-18(7-9-19)10-11-21(25)24-13-4-5-20(12-14-24)23(3)16-22(26)27/h6-9,17,20H,4-5,10-16H2,1-3H3,(H,26,27). The second kappa shape index (κ2) is 10.5. The van der Waals surface area contributed by atoms with Gasteiger partial charge in [0.1, 0.15) is 0 Å². The normalized spacial score (nSPS) is 18.0. The smallest absolute Gasteiger partial charge is 0.317 e. The number of aliphatic carboxylic acids is 1. The Morgan fingerprint density at radius 3 is 2.44 bits per heavy atom. The van der Waals surface area contributed by atoms with Gasteiger partial charge < -0.3 is 10.0 Å². The number of carbonyl (C=O) groups is 2. The zero-order chi connectivity index (χ0) is 19.8. The maximum absolute atomic E-state index is 12.6. The molecule has 1 atom stereocenters.